The first-order valence-electron chi connectivity index (χ1n) is 27.4. The van der Waals surface area contributed by atoms with Gasteiger partial charge < -0.3 is 0 Å². The van der Waals surface area contributed by atoms with Crippen molar-refractivity contribution in [3.63, 3.8) is 0 Å². The van der Waals surface area contributed by atoms with Gasteiger partial charge in [0.1, 0.15) is 0 Å². The average Bonchev–Trinajstić information content (AvgIpc) is 1.34. The molecule has 14 aromatic rings. The minimum atomic E-state index is -0.346. The molecule has 0 unspecified atom stereocenters. The van der Waals surface area contributed by atoms with E-state index >= 15 is 0 Å². The summed E-state index contributed by atoms with van der Waals surface area (Å²) in [6.45, 7) is 0. The Morgan fingerprint density at radius 3 is 0.527 bits per heavy atom. The molecule has 93 heavy (non-hydrogen) atoms. The quantitative estimate of drug-likeness (QED) is 0.133. The van der Waals surface area contributed by atoms with Crippen LogP contribution in [-0.2, 0) is 34.6 Å². The number of aromatic nitrogens is 12. The number of rotatable bonds is 8. The third-order valence-corrected chi connectivity index (χ3v) is 13.2. The summed E-state index contributed by atoms with van der Waals surface area (Å²) in [5.41, 5.74) is 15.5. The molecule has 0 amide bonds. The van der Waals surface area contributed by atoms with Crippen LogP contribution in [-0.4, -0.2) is 59.8 Å². The molecule has 0 spiro atoms. The van der Waals surface area contributed by atoms with Gasteiger partial charge in [0.05, 0.1) is 68.3 Å². The summed E-state index contributed by atoms with van der Waals surface area (Å²) in [7, 11) is 9.71. The standard InChI is InChI=1S/2C16H11BrN2.4C10H8N2.3CH4.2ClH.2Ru/c2*17-14-6-4-12(5-7-14)13-8-10-19-16(11-13)15-3-1-2-9-18-15;4*1-3-7-11-9(5-1)10-6-2-4-8-12-10;;;;;;;/h2*1-11H;4*1-8H;3*1H4;2*1H;;/q;;;;;;;;;;;;+2/p-2. The van der Waals surface area contributed by atoms with Crippen LogP contribution in [0.5, 0.6) is 0 Å². The zero-order valence-corrected chi connectivity index (χ0v) is 55.9. The fourth-order valence-corrected chi connectivity index (χ4v) is 8.46. The van der Waals surface area contributed by atoms with Crippen LogP contribution in [0.25, 0.3) is 90.6 Å². The van der Waals surface area contributed by atoms with Crippen LogP contribution in [0.1, 0.15) is 22.3 Å². The van der Waals surface area contributed by atoms with Gasteiger partial charge in [-0.05, 0) is 192 Å². The first-order valence-corrected chi connectivity index (χ1v) is 33.4. The van der Waals surface area contributed by atoms with Crippen molar-refractivity contribution in [1.29, 1.82) is 0 Å². The summed E-state index contributed by atoms with van der Waals surface area (Å²) in [5, 5.41) is 0. The fraction of sp³-hybridized carbons (Fsp3) is 0.0400. The van der Waals surface area contributed by atoms with Crippen molar-refractivity contribution in [1.82, 2.24) is 59.8 Å². The molecule has 2 aromatic carbocycles. The summed E-state index contributed by atoms with van der Waals surface area (Å²) in [6.07, 6.45) is 21.3. The van der Waals surface area contributed by atoms with Gasteiger partial charge in [-0.15, -0.1) is 0 Å². The summed E-state index contributed by atoms with van der Waals surface area (Å²) < 4.78 is 2.16. The summed E-state index contributed by atoms with van der Waals surface area (Å²) in [4.78, 5) is 50.9. The minimum Gasteiger partial charge on any atom is -0.255 e. The topological polar surface area (TPSA) is 155 Å². The van der Waals surface area contributed by atoms with Crippen molar-refractivity contribution >= 4 is 51.2 Å². The Kier molecular flexibility index (Phi) is 36.6. The van der Waals surface area contributed by atoms with Gasteiger partial charge in [-0.2, -0.15) is 0 Å². The van der Waals surface area contributed by atoms with E-state index < -0.39 is 0 Å². The number of halogens is 4. The third-order valence-electron chi connectivity index (χ3n) is 12.1. The van der Waals surface area contributed by atoms with Crippen molar-refractivity contribution in [2.75, 3.05) is 0 Å². The van der Waals surface area contributed by atoms with Crippen molar-refractivity contribution in [2.24, 2.45) is 0 Å². The molecule has 0 atom stereocenters. The van der Waals surface area contributed by atoms with Crippen LogP contribution in [0.15, 0.2) is 338 Å². The Morgan fingerprint density at radius 2 is 0.366 bits per heavy atom. The normalized spacial score (nSPS) is 9.46. The fourth-order valence-electron chi connectivity index (χ4n) is 7.93. The second kappa shape index (κ2) is 44.5. The monoisotopic (exact) mass is 1570 g/mol. The molecule has 12 nitrogen and oxygen atoms in total. The van der Waals surface area contributed by atoms with Crippen molar-refractivity contribution in [3.05, 3.63) is 338 Å². The van der Waals surface area contributed by atoms with Crippen LogP contribution in [0, 0.1) is 0 Å². The molecule has 12 heterocycles. The Hall–Kier alpha value is -8.97. The van der Waals surface area contributed by atoms with E-state index in [1.807, 2.05) is 231 Å². The molecule has 0 saturated heterocycles. The van der Waals surface area contributed by atoms with Crippen LogP contribution >= 0.6 is 51.2 Å². The van der Waals surface area contributed by atoms with E-state index in [0.717, 1.165) is 88.4 Å². The average molecular weight is 1570 g/mol. The van der Waals surface area contributed by atoms with Gasteiger partial charge in [0.25, 0.3) is 0 Å². The van der Waals surface area contributed by atoms with Crippen LogP contribution in [0.4, 0.5) is 0 Å². The number of hydrogen-bond acceptors (Lipinski definition) is 12. The van der Waals surface area contributed by atoms with E-state index in [9.17, 15) is 0 Å². The van der Waals surface area contributed by atoms with Crippen molar-refractivity contribution in [3.8, 4) is 90.6 Å². The van der Waals surface area contributed by atoms with Gasteiger partial charge in [0, 0.05) is 103 Å². The van der Waals surface area contributed by atoms with Crippen molar-refractivity contribution < 1.29 is 34.6 Å². The molecule has 0 radical (unpaired) electrons. The molecule has 0 aliphatic rings. The Morgan fingerprint density at radius 1 is 0.204 bits per heavy atom. The van der Waals surface area contributed by atoms with Gasteiger partial charge in [0.2, 0.25) is 0 Å². The molecule has 0 saturated carbocycles. The molecular weight excluding hydrogens is 1500 g/mol. The molecule has 18 heteroatoms. The predicted molar refractivity (Wildman–Crippen MR) is 383 cm³/mol. The second-order valence-corrected chi connectivity index (χ2v) is 22.5. The first kappa shape index (κ1) is 76.5. The summed E-state index contributed by atoms with van der Waals surface area (Å²) in [5.74, 6) is 0. The van der Waals surface area contributed by atoms with E-state index in [2.05, 4.69) is 128 Å². The number of nitrogens with zero attached hydrogens (tertiary/aromatic N) is 12. The Bertz CT molecular complexity index is 3600. The van der Waals surface area contributed by atoms with E-state index in [1.165, 1.54) is 11.1 Å². The van der Waals surface area contributed by atoms with Crippen molar-refractivity contribution in [2.45, 2.75) is 22.3 Å². The van der Waals surface area contributed by atoms with Crippen LogP contribution in [0.3, 0.4) is 0 Å². The Balaban J connectivity index is 0.000000236. The molecular formula is C75H66Br2Cl2N12Ru2. The van der Waals surface area contributed by atoms with Gasteiger partial charge >= 0.3 is 34.5 Å². The number of pyridine rings is 12. The van der Waals surface area contributed by atoms with E-state index in [4.69, 9.17) is 19.4 Å². The molecule has 0 bridgehead atoms. The van der Waals surface area contributed by atoms with Gasteiger partial charge in [-0.25, -0.2) is 0 Å². The van der Waals surface area contributed by atoms with Gasteiger partial charge in [0.15, 0.2) is 0 Å². The molecule has 0 aliphatic heterocycles. The second-order valence-electron chi connectivity index (χ2n) is 18.1. The molecule has 470 valence electrons. The molecule has 0 N–H and O–H groups in total. The van der Waals surface area contributed by atoms with Gasteiger partial charge in [-0.1, -0.05) is 139 Å². The number of hydrogen-bond donors (Lipinski definition) is 0. The first-order chi connectivity index (χ1) is 43.9. The smallest absolute Gasteiger partial charge is 0.0886 e. The maximum Gasteiger partial charge on any atom is 0.0886 e. The molecule has 0 aliphatic carbocycles. The SMILES string of the molecule is Brc1ccc(-c2ccnc(-c3ccccn3)c2)cc1.Brc1ccc(-c2ccnc(-c3ccccn3)c2)cc1.C.C.C.[Cl][Ru][Cl].[Ru].c1ccc(-c2ccccn2)nc1.c1ccc(-c2ccccn2)nc1.c1ccc(-c2ccccn2)nc1.c1ccc(-c2ccccn2)nc1. The maximum atomic E-state index is 4.85. The maximum absolute atomic E-state index is 4.85. The summed E-state index contributed by atoms with van der Waals surface area (Å²) >= 11 is 6.55. The molecule has 0 fully saturated rings. The largest absolute Gasteiger partial charge is 0.255 e. The predicted octanol–water partition coefficient (Wildman–Crippen LogP) is 21.0. The Labute approximate surface area is 591 Å². The van der Waals surface area contributed by atoms with Gasteiger partial charge in [-0.3, -0.25) is 59.8 Å². The van der Waals surface area contributed by atoms with E-state index in [1.54, 1.807) is 62.0 Å². The zero-order valence-electron chi connectivity index (χ0n) is 47.8. The van der Waals surface area contributed by atoms with Crippen LogP contribution in [0.2, 0.25) is 0 Å². The van der Waals surface area contributed by atoms with E-state index in [0.29, 0.717) is 0 Å². The molecule has 14 rings (SSSR count). The van der Waals surface area contributed by atoms with E-state index in [-0.39, 0.29) is 56.9 Å². The summed E-state index contributed by atoms with van der Waals surface area (Å²) in [6, 6.07) is 82.7. The number of benzene rings is 2. The third kappa shape index (κ3) is 26.6. The van der Waals surface area contributed by atoms with Crippen LogP contribution < -0.4 is 0 Å². The molecule has 12 aromatic heterocycles. The minimum absolute atomic E-state index is 0. The zero-order chi connectivity index (χ0) is 61.8.